The van der Waals surface area contributed by atoms with Crippen molar-refractivity contribution in [1.82, 2.24) is 19.4 Å². The number of thiazole rings is 1. The maximum Gasteiger partial charge on any atom is 0.227 e. The summed E-state index contributed by atoms with van der Waals surface area (Å²) in [4.78, 5) is 17.7. The van der Waals surface area contributed by atoms with E-state index in [0.717, 1.165) is 71.8 Å². The van der Waals surface area contributed by atoms with Crippen LogP contribution in [-0.4, -0.2) is 45.7 Å². The van der Waals surface area contributed by atoms with Crippen molar-refractivity contribution in [3.05, 3.63) is 108 Å². The van der Waals surface area contributed by atoms with E-state index in [1.54, 1.807) is 17.5 Å². The Morgan fingerprint density at radius 2 is 1.76 bits per heavy atom. The summed E-state index contributed by atoms with van der Waals surface area (Å²) in [5, 5.41) is 9.00. The molecule has 3 aromatic carbocycles. The number of aryl methyl sites for hydroxylation is 1. The van der Waals surface area contributed by atoms with Gasteiger partial charge in [-0.25, -0.2) is 15.0 Å². The number of hydrogen-bond donors (Lipinski definition) is 2. The fraction of sp³-hybridized carbons (Fsp3) is 0.182. The SMILES string of the molecule is Cc1cccc(CNc2cccc(-c3nc4sccn4c3-c3ccnc(Nc4ccc(N5CCOCC5)cc4)n3)c2)c1. The lowest BCUT2D eigenvalue weighted by molar-refractivity contribution is 0.122. The number of imidazole rings is 1. The summed E-state index contributed by atoms with van der Waals surface area (Å²) in [6.07, 6.45) is 3.84. The second-order valence-electron chi connectivity index (χ2n) is 10.3. The van der Waals surface area contributed by atoms with E-state index in [4.69, 9.17) is 14.7 Å². The van der Waals surface area contributed by atoms with Crippen molar-refractivity contribution in [2.75, 3.05) is 41.8 Å². The van der Waals surface area contributed by atoms with Crippen LogP contribution in [-0.2, 0) is 11.3 Å². The lowest BCUT2D eigenvalue weighted by Gasteiger charge is -2.28. The molecule has 0 saturated carbocycles. The number of morpholine rings is 1. The fourth-order valence-electron chi connectivity index (χ4n) is 5.29. The molecule has 3 aromatic heterocycles. The van der Waals surface area contributed by atoms with Crippen molar-refractivity contribution in [3.63, 3.8) is 0 Å². The summed E-state index contributed by atoms with van der Waals surface area (Å²) in [6, 6.07) is 27.3. The van der Waals surface area contributed by atoms with Gasteiger partial charge in [-0.15, -0.1) is 11.3 Å². The molecule has 0 atom stereocenters. The standard InChI is InChI=1S/C33H31N7OS/c1-23-4-2-5-24(20-23)22-35-27-7-3-6-25(21-27)30-31(40-16-19-42-33(40)38-30)29-12-13-34-32(37-29)36-26-8-10-28(11-9-26)39-14-17-41-18-15-39/h2-13,16,19-21,35H,14-15,17-18,22H2,1H3,(H,34,36,37). The molecule has 1 saturated heterocycles. The van der Waals surface area contributed by atoms with Gasteiger partial charge in [0.05, 0.1) is 24.6 Å². The van der Waals surface area contributed by atoms with Crippen LogP contribution in [0.3, 0.4) is 0 Å². The molecule has 1 fully saturated rings. The van der Waals surface area contributed by atoms with Gasteiger partial charge in [0.25, 0.3) is 0 Å². The Hall–Kier alpha value is -4.73. The first-order chi connectivity index (χ1) is 20.7. The van der Waals surface area contributed by atoms with E-state index in [9.17, 15) is 0 Å². The van der Waals surface area contributed by atoms with Gasteiger partial charge < -0.3 is 20.3 Å². The van der Waals surface area contributed by atoms with Crippen molar-refractivity contribution in [2.45, 2.75) is 13.5 Å². The highest BCUT2D eigenvalue weighted by Crippen LogP contribution is 2.35. The molecule has 2 N–H and O–H groups in total. The number of aromatic nitrogens is 4. The lowest BCUT2D eigenvalue weighted by atomic mass is 10.1. The minimum atomic E-state index is 0.538. The van der Waals surface area contributed by atoms with E-state index in [0.29, 0.717) is 5.95 Å². The summed E-state index contributed by atoms with van der Waals surface area (Å²) < 4.78 is 7.59. The minimum Gasteiger partial charge on any atom is -0.381 e. The molecular weight excluding hydrogens is 542 g/mol. The highest BCUT2D eigenvalue weighted by atomic mass is 32.1. The smallest absolute Gasteiger partial charge is 0.227 e. The van der Waals surface area contributed by atoms with Crippen molar-refractivity contribution in [1.29, 1.82) is 0 Å². The normalized spacial score (nSPS) is 13.4. The highest BCUT2D eigenvalue weighted by Gasteiger charge is 2.19. The van der Waals surface area contributed by atoms with Crippen LogP contribution in [0.25, 0.3) is 27.6 Å². The maximum absolute atomic E-state index is 5.48. The lowest BCUT2D eigenvalue weighted by Crippen LogP contribution is -2.36. The predicted octanol–water partition coefficient (Wildman–Crippen LogP) is 7.02. The van der Waals surface area contributed by atoms with Crippen molar-refractivity contribution in [2.24, 2.45) is 0 Å². The molecule has 8 nitrogen and oxygen atoms in total. The third-order valence-electron chi connectivity index (χ3n) is 7.38. The maximum atomic E-state index is 5.48. The van der Waals surface area contributed by atoms with E-state index in [2.05, 4.69) is 105 Å². The number of hydrogen-bond acceptors (Lipinski definition) is 8. The molecule has 0 amide bonds. The van der Waals surface area contributed by atoms with Gasteiger partial charge in [0.2, 0.25) is 5.95 Å². The van der Waals surface area contributed by atoms with Gasteiger partial charge in [-0.05, 0) is 55.0 Å². The topological polar surface area (TPSA) is 79.6 Å². The largest absolute Gasteiger partial charge is 0.381 e. The van der Waals surface area contributed by atoms with E-state index in [1.807, 2.05) is 17.6 Å². The molecule has 0 spiro atoms. The van der Waals surface area contributed by atoms with E-state index in [1.165, 1.54) is 16.8 Å². The van der Waals surface area contributed by atoms with Crippen LogP contribution >= 0.6 is 11.3 Å². The first kappa shape index (κ1) is 26.2. The second kappa shape index (κ2) is 11.6. The third kappa shape index (κ3) is 5.57. The molecule has 42 heavy (non-hydrogen) atoms. The van der Waals surface area contributed by atoms with Crippen LogP contribution in [0.5, 0.6) is 0 Å². The molecule has 7 rings (SSSR count). The van der Waals surface area contributed by atoms with Gasteiger partial charge in [0.15, 0.2) is 4.96 Å². The van der Waals surface area contributed by atoms with Crippen LogP contribution in [0.4, 0.5) is 23.0 Å². The molecule has 6 aromatic rings. The van der Waals surface area contributed by atoms with Gasteiger partial charge in [-0.1, -0.05) is 42.0 Å². The van der Waals surface area contributed by atoms with Crippen LogP contribution in [0.1, 0.15) is 11.1 Å². The van der Waals surface area contributed by atoms with Crippen LogP contribution in [0.2, 0.25) is 0 Å². The van der Waals surface area contributed by atoms with E-state index in [-0.39, 0.29) is 0 Å². The van der Waals surface area contributed by atoms with Crippen LogP contribution in [0, 0.1) is 6.92 Å². The molecule has 0 aliphatic carbocycles. The molecule has 0 bridgehead atoms. The number of anilines is 4. The number of nitrogens with one attached hydrogen (secondary N) is 2. The quantitative estimate of drug-likeness (QED) is 0.203. The average molecular weight is 574 g/mol. The van der Waals surface area contributed by atoms with Crippen molar-refractivity contribution in [3.8, 4) is 22.6 Å². The molecule has 4 heterocycles. The zero-order chi connectivity index (χ0) is 28.3. The summed E-state index contributed by atoms with van der Waals surface area (Å²) in [6.45, 7) is 6.23. The molecule has 0 unspecified atom stereocenters. The summed E-state index contributed by atoms with van der Waals surface area (Å²) >= 11 is 1.61. The van der Waals surface area contributed by atoms with Gasteiger partial charge in [-0.3, -0.25) is 4.40 Å². The van der Waals surface area contributed by atoms with Gasteiger partial charge >= 0.3 is 0 Å². The summed E-state index contributed by atoms with van der Waals surface area (Å²) in [7, 11) is 0. The van der Waals surface area contributed by atoms with E-state index >= 15 is 0 Å². The Labute approximate surface area is 248 Å². The molecule has 9 heteroatoms. The average Bonchev–Trinajstić information content (AvgIpc) is 3.63. The molecule has 210 valence electrons. The predicted molar refractivity (Wildman–Crippen MR) is 171 cm³/mol. The van der Waals surface area contributed by atoms with Crippen molar-refractivity contribution < 1.29 is 4.74 Å². The second-order valence-corrected chi connectivity index (χ2v) is 11.2. The zero-order valence-electron chi connectivity index (χ0n) is 23.3. The van der Waals surface area contributed by atoms with Crippen LogP contribution in [0.15, 0.2) is 96.6 Å². The highest BCUT2D eigenvalue weighted by molar-refractivity contribution is 7.15. The van der Waals surface area contributed by atoms with Crippen LogP contribution < -0.4 is 15.5 Å². The number of benzene rings is 3. The monoisotopic (exact) mass is 573 g/mol. The number of ether oxygens (including phenoxy) is 1. The van der Waals surface area contributed by atoms with Crippen molar-refractivity contribution >= 4 is 39.3 Å². The zero-order valence-corrected chi connectivity index (χ0v) is 24.1. The molecule has 0 radical (unpaired) electrons. The summed E-state index contributed by atoms with van der Waals surface area (Å²) in [5.41, 5.74) is 9.34. The molecule has 1 aliphatic heterocycles. The molecular formula is C33H31N7OS. The van der Waals surface area contributed by atoms with Gasteiger partial charge in [-0.2, -0.15) is 0 Å². The Balaban J connectivity index is 1.15. The number of nitrogens with zero attached hydrogens (tertiary/aromatic N) is 5. The number of rotatable bonds is 8. The first-order valence-corrected chi connectivity index (χ1v) is 15.0. The molecule has 1 aliphatic rings. The Morgan fingerprint density at radius 1 is 0.905 bits per heavy atom. The Bertz CT molecular complexity index is 1820. The minimum absolute atomic E-state index is 0.538. The fourth-order valence-corrected chi connectivity index (χ4v) is 6.01. The third-order valence-corrected chi connectivity index (χ3v) is 8.13. The Kier molecular flexibility index (Phi) is 7.25. The van der Waals surface area contributed by atoms with Gasteiger partial charge in [0.1, 0.15) is 5.69 Å². The Morgan fingerprint density at radius 3 is 2.62 bits per heavy atom. The summed E-state index contributed by atoms with van der Waals surface area (Å²) in [5.74, 6) is 0.538. The number of fused-ring (bicyclic) bond motifs is 1. The first-order valence-electron chi connectivity index (χ1n) is 14.1. The van der Waals surface area contributed by atoms with Gasteiger partial charge in [0, 0.05) is 60.0 Å². The van der Waals surface area contributed by atoms with E-state index < -0.39 is 0 Å².